The Hall–Kier alpha value is -2.05. The Morgan fingerprint density at radius 3 is 2.80 bits per heavy atom. The number of hydrogen-bond acceptors (Lipinski definition) is 2. The van der Waals surface area contributed by atoms with Crippen LogP contribution >= 0.6 is 23.2 Å². The van der Waals surface area contributed by atoms with Crippen molar-refractivity contribution in [2.45, 2.75) is 31.3 Å². The number of aromatic amines is 1. The fourth-order valence-electron chi connectivity index (χ4n) is 3.76. The molecular weight excluding hydrogens is 368 g/mol. The first-order valence-electron chi connectivity index (χ1n) is 7.89. The Kier molecular flexibility index (Phi) is 3.96. The van der Waals surface area contributed by atoms with Crippen molar-refractivity contribution in [3.8, 4) is 0 Å². The third-order valence-corrected chi connectivity index (χ3v) is 5.57. The number of urea groups is 1. The van der Waals surface area contributed by atoms with Crippen molar-refractivity contribution >= 4 is 34.9 Å². The average Bonchev–Trinajstić information content (AvgIpc) is 2.88. The van der Waals surface area contributed by atoms with Gasteiger partial charge in [-0.3, -0.25) is 4.79 Å². The van der Waals surface area contributed by atoms with Crippen molar-refractivity contribution < 1.29 is 9.18 Å². The van der Waals surface area contributed by atoms with Crippen molar-refractivity contribution in [2.24, 2.45) is 0 Å². The van der Waals surface area contributed by atoms with E-state index in [-0.39, 0.29) is 39.4 Å². The normalized spacial score (nSPS) is 21.2. The quantitative estimate of drug-likeness (QED) is 0.729. The SMILES string of the molecule is O=C(Nc1cc(Cl)c(Cl)cc1F)N1[C@H]2CC[C@@H]1c1c[nH]c(=O)cc1C2. The van der Waals surface area contributed by atoms with E-state index in [1.54, 1.807) is 17.2 Å². The Bertz CT molecular complexity index is 931. The Morgan fingerprint density at radius 2 is 2.00 bits per heavy atom. The zero-order valence-corrected chi connectivity index (χ0v) is 14.5. The lowest BCUT2D eigenvalue weighted by Crippen LogP contribution is -2.44. The van der Waals surface area contributed by atoms with Crippen LogP contribution in [0.1, 0.15) is 30.0 Å². The number of pyridine rings is 1. The van der Waals surface area contributed by atoms with Gasteiger partial charge in [0, 0.05) is 18.3 Å². The molecule has 8 heteroatoms. The highest BCUT2D eigenvalue weighted by Gasteiger charge is 2.42. The van der Waals surface area contributed by atoms with Crippen molar-refractivity contribution in [1.82, 2.24) is 9.88 Å². The highest BCUT2D eigenvalue weighted by molar-refractivity contribution is 6.42. The molecule has 2 amide bonds. The molecule has 3 heterocycles. The summed E-state index contributed by atoms with van der Waals surface area (Å²) < 4.78 is 14.0. The van der Waals surface area contributed by atoms with Crippen LogP contribution in [0.4, 0.5) is 14.9 Å². The summed E-state index contributed by atoms with van der Waals surface area (Å²) >= 11 is 11.7. The van der Waals surface area contributed by atoms with Crippen LogP contribution in [0.15, 0.2) is 29.2 Å². The maximum absolute atomic E-state index is 14.0. The number of H-pyrrole nitrogens is 1. The van der Waals surface area contributed by atoms with Gasteiger partial charge >= 0.3 is 6.03 Å². The van der Waals surface area contributed by atoms with Gasteiger partial charge in [0.25, 0.3) is 0 Å². The van der Waals surface area contributed by atoms with Gasteiger partial charge in [-0.1, -0.05) is 23.2 Å². The molecule has 1 aromatic carbocycles. The van der Waals surface area contributed by atoms with Crippen molar-refractivity contribution in [1.29, 1.82) is 0 Å². The van der Waals surface area contributed by atoms with E-state index < -0.39 is 5.82 Å². The van der Waals surface area contributed by atoms with Gasteiger partial charge < -0.3 is 15.2 Å². The number of amides is 2. The van der Waals surface area contributed by atoms with Crippen molar-refractivity contribution in [3.05, 3.63) is 61.7 Å². The summed E-state index contributed by atoms with van der Waals surface area (Å²) in [6, 6.07) is 3.44. The molecule has 1 aromatic heterocycles. The summed E-state index contributed by atoms with van der Waals surface area (Å²) in [7, 11) is 0. The first kappa shape index (κ1) is 16.4. The van der Waals surface area contributed by atoms with Crippen LogP contribution in [-0.4, -0.2) is 22.0 Å². The van der Waals surface area contributed by atoms with E-state index in [1.165, 1.54) is 6.07 Å². The molecule has 2 aliphatic heterocycles. The maximum atomic E-state index is 14.0. The molecule has 1 saturated heterocycles. The van der Waals surface area contributed by atoms with E-state index in [0.717, 1.165) is 30.0 Å². The van der Waals surface area contributed by atoms with Crippen LogP contribution in [-0.2, 0) is 6.42 Å². The summed E-state index contributed by atoms with van der Waals surface area (Å²) in [6.45, 7) is 0. The number of hydrogen-bond donors (Lipinski definition) is 2. The molecule has 25 heavy (non-hydrogen) atoms. The minimum Gasteiger partial charge on any atom is -0.329 e. The number of carbonyl (C=O) groups excluding carboxylic acids is 1. The lowest BCUT2D eigenvalue weighted by Gasteiger charge is -2.36. The van der Waals surface area contributed by atoms with Gasteiger partial charge in [0.15, 0.2) is 0 Å². The molecule has 4 rings (SSSR count). The van der Waals surface area contributed by atoms with Crippen LogP contribution < -0.4 is 10.9 Å². The molecule has 1 fully saturated rings. The molecular formula is C17H14Cl2FN3O2. The molecule has 130 valence electrons. The predicted molar refractivity (Wildman–Crippen MR) is 93.8 cm³/mol. The maximum Gasteiger partial charge on any atom is 0.322 e. The Morgan fingerprint density at radius 1 is 1.24 bits per heavy atom. The fourth-order valence-corrected chi connectivity index (χ4v) is 4.07. The van der Waals surface area contributed by atoms with E-state index in [1.807, 2.05) is 0 Å². The van der Waals surface area contributed by atoms with Crippen molar-refractivity contribution in [3.63, 3.8) is 0 Å². The van der Waals surface area contributed by atoms with Gasteiger partial charge in [0.05, 0.1) is 21.8 Å². The first-order valence-corrected chi connectivity index (χ1v) is 8.65. The molecule has 5 nitrogen and oxygen atoms in total. The predicted octanol–water partition coefficient (Wildman–Crippen LogP) is 4.11. The molecule has 0 unspecified atom stereocenters. The van der Waals surface area contributed by atoms with Crippen LogP contribution in [0.2, 0.25) is 10.0 Å². The molecule has 0 radical (unpaired) electrons. The molecule has 2 N–H and O–H groups in total. The Labute approximate surface area is 152 Å². The molecule has 0 spiro atoms. The zero-order chi connectivity index (χ0) is 17.7. The number of rotatable bonds is 1. The Balaban J connectivity index is 1.63. The first-order chi connectivity index (χ1) is 11.9. The van der Waals surface area contributed by atoms with Crippen LogP contribution in [0.25, 0.3) is 0 Å². The molecule has 2 atom stereocenters. The summed E-state index contributed by atoms with van der Waals surface area (Å²) in [4.78, 5) is 28.7. The van der Waals surface area contributed by atoms with E-state index in [2.05, 4.69) is 10.3 Å². The van der Waals surface area contributed by atoms with E-state index in [4.69, 9.17) is 23.2 Å². The zero-order valence-electron chi connectivity index (χ0n) is 13.0. The largest absolute Gasteiger partial charge is 0.329 e. The molecule has 2 bridgehead atoms. The highest BCUT2D eigenvalue weighted by atomic mass is 35.5. The number of nitrogens with one attached hydrogen (secondary N) is 2. The molecule has 2 aromatic rings. The van der Waals surface area contributed by atoms with Gasteiger partial charge in [-0.25, -0.2) is 9.18 Å². The third kappa shape index (κ3) is 2.79. The van der Waals surface area contributed by atoms with Gasteiger partial charge in [-0.2, -0.15) is 0 Å². The summed E-state index contributed by atoms with van der Waals surface area (Å²) in [6.07, 6.45) is 3.93. The number of carbonyl (C=O) groups is 1. The second kappa shape index (κ2) is 6.04. The minimum absolute atomic E-state index is 0.00827. The van der Waals surface area contributed by atoms with Crippen LogP contribution in [0, 0.1) is 5.82 Å². The molecule has 2 aliphatic rings. The van der Waals surface area contributed by atoms with Gasteiger partial charge in [-0.15, -0.1) is 0 Å². The average molecular weight is 382 g/mol. The van der Waals surface area contributed by atoms with E-state index in [9.17, 15) is 14.0 Å². The van der Waals surface area contributed by atoms with Crippen molar-refractivity contribution in [2.75, 3.05) is 5.32 Å². The highest BCUT2D eigenvalue weighted by Crippen LogP contribution is 2.43. The number of halogens is 3. The molecule has 0 aliphatic carbocycles. The fraction of sp³-hybridized carbons (Fsp3) is 0.294. The summed E-state index contributed by atoms with van der Waals surface area (Å²) in [5.41, 5.74) is 1.76. The lowest BCUT2D eigenvalue weighted by molar-refractivity contribution is 0.179. The smallest absolute Gasteiger partial charge is 0.322 e. The second-order valence-corrected chi connectivity index (χ2v) is 7.13. The van der Waals surface area contributed by atoms with Gasteiger partial charge in [0.1, 0.15) is 5.82 Å². The summed E-state index contributed by atoms with van der Waals surface area (Å²) in [5, 5.41) is 2.85. The van der Waals surface area contributed by atoms with Gasteiger partial charge in [0.2, 0.25) is 5.56 Å². The van der Waals surface area contributed by atoms with E-state index in [0.29, 0.717) is 6.42 Å². The number of anilines is 1. The number of benzene rings is 1. The molecule has 0 saturated carbocycles. The van der Waals surface area contributed by atoms with Gasteiger partial charge in [-0.05, 0) is 42.5 Å². The van der Waals surface area contributed by atoms with E-state index >= 15 is 0 Å². The van der Waals surface area contributed by atoms with Crippen LogP contribution in [0.5, 0.6) is 0 Å². The second-order valence-electron chi connectivity index (χ2n) is 6.31. The lowest BCUT2D eigenvalue weighted by atomic mass is 9.95. The number of aromatic nitrogens is 1. The number of fused-ring (bicyclic) bond motifs is 4. The number of nitrogens with zero attached hydrogens (tertiary/aromatic N) is 1. The third-order valence-electron chi connectivity index (χ3n) is 4.85. The van der Waals surface area contributed by atoms with Crippen LogP contribution in [0.3, 0.4) is 0 Å². The standard InChI is InChI=1S/C17H14Cl2FN3O2/c18-11-5-13(20)14(6-12(11)19)22-17(25)23-9-1-2-15(23)10-7-21-16(24)4-8(10)3-9/h4-7,9,15H,1-3H2,(H,21,24)(H,22,25)/t9-,15+/m0/s1. The monoisotopic (exact) mass is 381 g/mol. The minimum atomic E-state index is -0.642. The summed E-state index contributed by atoms with van der Waals surface area (Å²) in [5.74, 6) is -0.642. The topological polar surface area (TPSA) is 65.2 Å².